The predicted octanol–water partition coefficient (Wildman–Crippen LogP) is 11.4. The van der Waals surface area contributed by atoms with E-state index in [0.717, 1.165) is 58.9 Å². The number of rotatable bonds is 8. The number of hydrogen-bond acceptors (Lipinski definition) is 4. The number of aryl methyl sites for hydroxylation is 1. The average Bonchev–Trinajstić information content (AvgIpc) is 3.52. The summed E-state index contributed by atoms with van der Waals surface area (Å²) in [6.45, 7) is 15.2. The van der Waals surface area contributed by atoms with Crippen LogP contribution in [-0.4, -0.2) is 27.7 Å². The molecule has 0 radical (unpaired) electrons. The number of thioether (sulfide) groups is 1. The van der Waals surface area contributed by atoms with E-state index >= 15 is 0 Å². The average molecular weight is 662 g/mol. The van der Waals surface area contributed by atoms with Gasteiger partial charge in [0.2, 0.25) is 0 Å². The number of aliphatic imine (C=N–C) groups is 2. The van der Waals surface area contributed by atoms with Crippen LogP contribution in [-0.2, 0) is 6.42 Å². The molecule has 1 aromatic heterocycles. The molecule has 49 heavy (non-hydrogen) atoms. The van der Waals surface area contributed by atoms with Crippen molar-refractivity contribution in [2.75, 3.05) is 0 Å². The minimum absolute atomic E-state index is 0.0841. The van der Waals surface area contributed by atoms with Gasteiger partial charge in [-0.1, -0.05) is 112 Å². The van der Waals surface area contributed by atoms with Gasteiger partial charge in [0, 0.05) is 39.9 Å². The zero-order chi connectivity index (χ0) is 34.1. The van der Waals surface area contributed by atoms with Crippen molar-refractivity contribution in [3.05, 3.63) is 154 Å². The van der Waals surface area contributed by atoms with Gasteiger partial charge in [-0.25, -0.2) is 4.98 Å². The Kier molecular flexibility index (Phi) is 9.69. The van der Waals surface area contributed by atoms with Gasteiger partial charge in [0.1, 0.15) is 0 Å². The lowest BCUT2D eigenvalue weighted by Gasteiger charge is -2.37. The Morgan fingerprint density at radius 3 is 2.65 bits per heavy atom. The molecule has 2 aromatic rings. The number of dihydropyridines is 1. The molecule has 0 saturated heterocycles. The Morgan fingerprint density at radius 1 is 1.06 bits per heavy atom. The summed E-state index contributed by atoms with van der Waals surface area (Å²) in [5, 5.41) is 0.447. The molecule has 5 unspecified atom stereocenters. The zero-order valence-corrected chi connectivity index (χ0v) is 30.3. The predicted molar refractivity (Wildman–Crippen MR) is 212 cm³/mol. The smallest absolute Gasteiger partial charge is 0.0924 e. The SMILES string of the molecule is C=CC(=NC(=C(C)C)c1nc(-c2ccccc2)ccc1CC)C1C=C(C2=NC(/C=C\C)C(C)C3=C2C=CC2C4=C(CCC=C4)SC32)C=CC1. The molecule has 0 amide bonds. The van der Waals surface area contributed by atoms with Crippen LogP contribution < -0.4 is 0 Å². The van der Waals surface area contributed by atoms with Crippen molar-refractivity contribution in [1.29, 1.82) is 0 Å². The van der Waals surface area contributed by atoms with Gasteiger partial charge in [-0.3, -0.25) is 9.98 Å². The molecule has 248 valence electrons. The molecule has 0 fully saturated rings. The third kappa shape index (κ3) is 6.32. The minimum atomic E-state index is 0.0841. The first-order valence-electron chi connectivity index (χ1n) is 17.9. The quantitative estimate of drug-likeness (QED) is 0.209. The topological polar surface area (TPSA) is 37.6 Å². The maximum absolute atomic E-state index is 5.46. The number of pyridine rings is 1. The fourth-order valence-corrected chi connectivity index (χ4v) is 9.60. The summed E-state index contributed by atoms with van der Waals surface area (Å²) in [6.07, 6.45) is 27.0. The molecule has 3 aliphatic carbocycles. The molecule has 5 aliphatic rings. The molecule has 5 atom stereocenters. The second-order valence-corrected chi connectivity index (χ2v) is 15.0. The van der Waals surface area contributed by atoms with Crippen LogP contribution in [0.15, 0.2) is 153 Å². The van der Waals surface area contributed by atoms with Gasteiger partial charge in [0.25, 0.3) is 0 Å². The molecule has 0 spiro atoms. The van der Waals surface area contributed by atoms with Gasteiger partial charge in [0.15, 0.2) is 0 Å². The van der Waals surface area contributed by atoms with E-state index in [-0.39, 0.29) is 12.0 Å². The Labute approximate surface area is 297 Å². The first-order chi connectivity index (χ1) is 23.9. The fourth-order valence-electron chi connectivity index (χ4n) is 7.86. The lowest BCUT2D eigenvalue weighted by Crippen LogP contribution is -2.35. The van der Waals surface area contributed by atoms with Crippen molar-refractivity contribution >= 4 is 28.9 Å². The number of fused-ring (bicyclic) bond motifs is 3. The second-order valence-electron chi connectivity index (χ2n) is 13.8. The monoisotopic (exact) mass is 661 g/mol. The maximum atomic E-state index is 5.46. The molecule has 0 bridgehead atoms. The standard InChI is InChI=1S/C45H47N3S/c1-7-16-38-29(6)41-36(25-24-35-34-21-13-14-22-40(34)49-45(35)41)43(47-38)33-20-15-19-32(27-33)37(9-3)46-42(28(4)5)44-30(8-2)23-26-39(48-44)31-17-11-10-12-18-31/h7,9-13,15-18,20-21,23-27,29,32,35,38,45H,3,8,14,19,22H2,1-2,4-6H3/b16-7-,46-37?. The van der Waals surface area contributed by atoms with E-state index in [4.69, 9.17) is 15.0 Å². The molecule has 2 aliphatic heterocycles. The highest BCUT2D eigenvalue weighted by molar-refractivity contribution is 8.04. The number of hydrogen-bond donors (Lipinski definition) is 0. The van der Waals surface area contributed by atoms with E-state index in [1.807, 2.05) is 12.1 Å². The van der Waals surface area contributed by atoms with E-state index in [2.05, 4.69) is 144 Å². The van der Waals surface area contributed by atoms with E-state index in [0.29, 0.717) is 17.1 Å². The van der Waals surface area contributed by atoms with Gasteiger partial charge in [0.05, 0.1) is 28.8 Å². The number of aromatic nitrogens is 1. The van der Waals surface area contributed by atoms with E-state index < -0.39 is 0 Å². The van der Waals surface area contributed by atoms with E-state index in [1.54, 1.807) is 10.5 Å². The highest BCUT2D eigenvalue weighted by Gasteiger charge is 2.43. The fraction of sp³-hybridized carbons (Fsp3) is 0.311. The molecule has 3 nitrogen and oxygen atoms in total. The summed E-state index contributed by atoms with van der Waals surface area (Å²) in [6, 6.07) is 14.9. The van der Waals surface area contributed by atoms with Crippen LogP contribution >= 0.6 is 11.8 Å². The lowest BCUT2D eigenvalue weighted by atomic mass is 9.73. The maximum Gasteiger partial charge on any atom is 0.0924 e. The Balaban J connectivity index is 1.26. The van der Waals surface area contributed by atoms with Crippen LogP contribution in [0.2, 0.25) is 0 Å². The summed E-state index contributed by atoms with van der Waals surface area (Å²) in [5.74, 6) is 0.892. The molecular formula is C45H47N3S. The molecule has 0 N–H and O–H groups in total. The second kappa shape index (κ2) is 14.3. The summed E-state index contributed by atoms with van der Waals surface area (Å²) in [7, 11) is 0. The molecule has 1 aromatic carbocycles. The number of nitrogens with zero attached hydrogens (tertiary/aromatic N) is 3. The molecule has 4 heteroatoms. The van der Waals surface area contributed by atoms with Crippen LogP contribution in [0.1, 0.15) is 65.1 Å². The first-order valence-corrected chi connectivity index (χ1v) is 18.8. The summed E-state index contributed by atoms with van der Waals surface area (Å²) in [4.78, 5) is 17.6. The van der Waals surface area contributed by atoms with Crippen molar-refractivity contribution in [2.45, 2.75) is 71.6 Å². The molecule has 0 saturated carbocycles. The molecular weight excluding hydrogens is 615 g/mol. The van der Waals surface area contributed by atoms with Crippen LogP contribution in [0, 0.1) is 17.8 Å². The van der Waals surface area contributed by atoms with E-state index in [9.17, 15) is 0 Å². The van der Waals surface area contributed by atoms with Gasteiger partial charge in [-0.2, -0.15) is 0 Å². The van der Waals surface area contributed by atoms with Gasteiger partial charge >= 0.3 is 0 Å². The van der Waals surface area contributed by atoms with Crippen molar-refractivity contribution < 1.29 is 0 Å². The largest absolute Gasteiger partial charge is 0.276 e. The number of allylic oxidation sites excluding steroid dienone is 14. The summed E-state index contributed by atoms with van der Waals surface area (Å²) >= 11 is 2.11. The van der Waals surface area contributed by atoms with Crippen LogP contribution in [0.4, 0.5) is 0 Å². The van der Waals surface area contributed by atoms with Gasteiger partial charge in [-0.05, 0) is 91.4 Å². The lowest BCUT2D eigenvalue weighted by molar-refractivity contribution is 0.549. The number of benzene rings is 1. The highest BCUT2D eigenvalue weighted by atomic mass is 32.2. The summed E-state index contributed by atoms with van der Waals surface area (Å²) < 4.78 is 0. The normalized spacial score (nSPS) is 26.0. The van der Waals surface area contributed by atoms with Crippen LogP contribution in [0.5, 0.6) is 0 Å². The van der Waals surface area contributed by atoms with Crippen molar-refractivity contribution in [3.63, 3.8) is 0 Å². The Bertz CT molecular complexity index is 1970. The Morgan fingerprint density at radius 2 is 1.90 bits per heavy atom. The van der Waals surface area contributed by atoms with E-state index in [1.165, 1.54) is 28.7 Å². The highest BCUT2D eigenvalue weighted by Crippen LogP contribution is 2.55. The first kappa shape index (κ1) is 33.2. The minimum Gasteiger partial charge on any atom is -0.276 e. The third-order valence-corrected chi connectivity index (χ3v) is 11.9. The van der Waals surface area contributed by atoms with Crippen LogP contribution in [0.25, 0.3) is 17.0 Å². The van der Waals surface area contributed by atoms with Gasteiger partial charge < -0.3 is 0 Å². The van der Waals surface area contributed by atoms with Crippen molar-refractivity contribution in [1.82, 2.24) is 4.98 Å². The third-order valence-electron chi connectivity index (χ3n) is 10.4. The molecule has 3 heterocycles. The van der Waals surface area contributed by atoms with Crippen LogP contribution in [0.3, 0.4) is 0 Å². The van der Waals surface area contributed by atoms with Crippen molar-refractivity contribution in [2.24, 2.45) is 27.7 Å². The van der Waals surface area contributed by atoms with Crippen molar-refractivity contribution in [3.8, 4) is 11.3 Å². The zero-order valence-electron chi connectivity index (χ0n) is 29.5. The Hall–Kier alpha value is -4.28. The summed E-state index contributed by atoms with van der Waals surface area (Å²) in [5.41, 5.74) is 14.0. The molecule has 7 rings (SSSR count). The van der Waals surface area contributed by atoms with Gasteiger partial charge in [-0.15, -0.1) is 11.8 Å².